The Hall–Kier alpha value is -2.08. The van der Waals surface area contributed by atoms with Gasteiger partial charge in [-0.15, -0.1) is 0 Å². The Kier molecular flexibility index (Phi) is 4.94. The molecule has 124 valence electrons. The molecule has 1 fully saturated rings. The van der Waals surface area contributed by atoms with E-state index in [9.17, 15) is 14.4 Å². The van der Waals surface area contributed by atoms with Crippen molar-refractivity contribution in [2.75, 3.05) is 11.9 Å². The van der Waals surface area contributed by atoms with Gasteiger partial charge in [-0.3, -0.25) is 14.5 Å². The number of nitrogens with one attached hydrogen (secondary N) is 2. The molecule has 0 spiro atoms. The fourth-order valence-electron chi connectivity index (χ4n) is 2.63. The summed E-state index contributed by atoms with van der Waals surface area (Å²) in [5, 5.41) is 5.91. The van der Waals surface area contributed by atoms with Crippen LogP contribution in [-0.2, 0) is 9.59 Å². The lowest BCUT2D eigenvalue weighted by atomic mass is 9.93. The average Bonchev–Trinajstić information content (AvgIpc) is 2.76. The molecule has 0 unspecified atom stereocenters. The van der Waals surface area contributed by atoms with Crippen molar-refractivity contribution in [2.45, 2.75) is 39.2 Å². The molecule has 6 nitrogen and oxygen atoms in total. The van der Waals surface area contributed by atoms with Gasteiger partial charge in [-0.25, -0.2) is 4.79 Å². The fourth-order valence-corrected chi connectivity index (χ4v) is 2.80. The van der Waals surface area contributed by atoms with Gasteiger partial charge in [-0.2, -0.15) is 0 Å². The molecule has 1 aromatic rings. The Morgan fingerprint density at radius 1 is 1.30 bits per heavy atom. The van der Waals surface area contributed by atoms with Crippen LogP contribution in [0.5, 0.6) is 0 Å². The number of urea groups is 1. The first-order chi connectivity index (χ1) is 10.8. The normalized spacial score (nSPS) is 16.4. The van der Waals surface area contributed by atoms with Gasteiger partial charge < -0.3 is 10.6 Å². The summed E-state index contributed by atoms with van der Waals surface area (Å²) in [6, 6.07) is 4.63. The van der Waals surface area contributed by atoms with Crippen LogP contribution in [0.1, 0.15) is 32.3 Å². The lowest BCUT2D eigenvalue weighted by Gasteiger charge is -2.23. The van der Waals surface area contributed by atoms with E-state index in [4.69, 9.17) is 11.6 Å². The number of halogens is 1. The summed E-state index contributed by atoms with van der Waals surface area (Å²) in [7, 11) is 0. The molecule has 0 aliphatic carbocycles. The van der Waals surface area contributed by atoms with E-state index in [1.165, 1.54) is 0 Å². The summed E-state index contributed by atoms with van der Waals surface area (Å²) in [4.78, 5) is 37.6. The molecule has 0 aromatic heterocycles. The molecule has 23 heavy (non-hydrogen) atoms. The molecule has 1 aliphatic rings. The second kappa shape index (κ2) is 6.58. The van der Waals surface area contributed by atoms with Crippen LogP contribution in [0, 0.1) is 6.92 Å². The molecule has 0 radical (unpaired) electrons. The Labute approximate surface area is 140 Å². The van der Waals surface area contributed by atoms with Crippen molar-refractivity contribution in [3.05, 3.63) is 28.8 Å². The lowest BCUT2D eigenvalue weighted by Crippen LogP contribution is -2.46. The highest BCUT2D eigenvalue weighted by Gasteiger charge is 2.49. The third kappa shape index (κ3) is 3.17. The van der Waals surface area contributed by atoms with Crippen LogP contribution in [0.3, 0.4) is 0 Å². The minimum atomic E-state index is -0.899. The van der Waals surface area contributed by atoms with E-state index in [1.54, 1.807) is 25.1 Å². The molecule has 1 aliphatic heterocycles. The Morgan fingerprint density at radius 3 is 2.52 bits per heavy atom. The first-order valence-electron chi connectivity index (χ1n) is 7.53. The molecule has 4 amide bonds. The average molecular weight is 338 g/mol. The summed E-state index contributed by atoms with van der Waals surface area (Å²) >= 11 is 6.01. The van der Waals surface area contributed by atoms with Gasteiger partial charge >= 0.3 is 6.03 Å². The van der Waals surface area contributed by atoms with Crippen molar-refractivity contribution in [3.8, 4) is 0 Å². The quantitative estimate of drug-likeness (QED) is 0.811. The van der Waals surface area contributed by atoms with Gasteiger partial charge in [0.15, 0.2) is 0 Å². The Balaban J connectivity index is 2.10. The molecule has 0 bridgehead atoms. The van der Waals surface area contributed by atoms with Crippen LogP contribution in [0.2, 0.25) is 5.02 Å². The van der Waals surface area contributed by atoms with Gasteiger partial charge in [-0.1, -0.05) is 31.5 Å². The van der Waals surface area contributed by atoms with Gasteiger partial charge in [-0.05, 0) is 37.5 Å². The molecule has 2 N–H and O–H groups in total. The Morgan fingerprint density at radius 2 is 1.96 bits per heavy atom. The summed E-state index contributed by atoms with van der Waals surface area (Å²) in [5.41, 5.74) is 0.395. The number of hydrogen-bond acceptors (Lipinski definition) is 3. The smallest absolute Gasteiger partial charge is 0.324 e. The van der Waals surface area contributed by atoms with E-state index >= 15 is 0 Å². The zero-order valence-electron chi connectivity index (χ0n) is 13.4. The standard InChI is InChI=1S/C16H20ClN3O3/c1-4-16(5-2)14(22)20(15(23)19-16)9-13(21)18-12-8-6-7-11(17)10(12)3/h6-8H,4-5,9H2,1-3H3,(H,18,21)(H,19,23). The third-order valence-corrected chi connectivity index (χ3v) is 4.71. The maximum atomic E-state index is 12.5. The van der Waals surface area contributed by atoms with Crippen LogP contribution in [-0.4, -0.2) is 34.8 Å². The van der Waals surface area contributed by atoms with Crippen molar-refractivity contribution >= 4 is 35.1 Å². The lowest BCUT2D eigenvalue weighted by molar-refractivity contribution is -0.134. The van der Waals surface area contributed by atoms with E-state index < -0.39 is 17.5 Å². The van der Waals surface area contributed by atoms with E-state index in [0.717, 1.165) is 10.5 Å². The maximum Gasteiger partial charge on any atom is 0.325 e. The van der Waals surface area contributed by atoms with Crippen molar-refractivity contribution < 1.29 is 14.4 Å². The molecule has 1 saturated heterocycles. The van der Waals surface area contributed by atoms with Crippen LogP contribution >= 0.6 is 11.6 Å². The summed E-state index contributed by atoms with van der Waals surface area (Å²) in [6.07, 6.45) is 0.971. The van der Waals surface area contributed by atoms with E-state index in [-0.39, 0.29) is 12.5 Å². The minimum Gasteiger partial charge on any atom is -0.324 e. The summed E-state index contributed by atoms with van der Waals surface area (Å²) in [5.74, 6) is -0.799. The zero-order chi connectivity index (χ0) is 17.2. The first-order valence-corrected chi connectivity index (χ1v) is 7.91. The predicted octanol–water partition coefficient (Wildman–Crippen LogP) is 2.70. The predicted molar refractivity (Wildman–Crippen MR) is 88.4 cm³/mol. The van der Waals surface area contributed by atoms with E-state index in [1.807, 2.05) is 13.8 Å². The number of anilines is 1. The number of nitrogens with zero attached hydrogens (tertiary/aromatic N) is 1. The van der Waals surface area contributed by atoms with Gasteiger partial charge in [0, 0.05) is 10.7 Å². The third-order valence-electron chi connectivity index (χ3n) is 4.30. The van der Waals surface area contributed by atoms with Crippen LogP contribution < -0.4 is 10.6 Å². The molecule has 2 rings (SSSR count). The highest BCUT2D eigenvalue weighted by atomic mass is 35.5. The van der Waals surface area contributed by atoms with Crippen molar-refractivity contribution in [1.82, 2.24) is 10.2 Å². The van der Waals surface area contributed by atoms with Gasteiger partial charge in [0.05, 0.1) is 0 Å². The fraction of sp³-hybridized carbons (Fsp3) is 0.438. The zero-order valence-corrected chi connectivity index (χ0v) is 14.2. The second-order valence-electron chi connectivity index (χ2n) is 5.57. The van der Waals surface area contributed by atoms with Crippen LogP contribution in [0.15, 0.2) is 18.2 Å². The summed E-state index contributed by atoms with van der Waals surface area (Å²) < 4.78 is 0. The number of benzene rings is 1. The van der Waals surface area contributed by atoms with E-state index in [2.05, 4.69) is 10.6 Å². The monoisotopic (exact) mass is 337 g/mol. The molecule has 1 heterocycles. The number of hydrogen-bond donors (Lipinski definition) is 2. The minimum absolute atomic E-state index is 0.321. The van der Waals surface area contributed by atoms with Crippen LogP contribution in [0.25, 0.3) is 0 Å². The SMILES string of the molecule is CCC1(CC)NC(=O)N(CC(=O)Nc2cccc(Cl)c2C)C1=O. The largest absolute Gasteiger partial charge is 0.325 e. The number of amides is 4. The van der Waals surface area contributed by atoms with Gasteiger partial charge in [0.2, 0.25) is 5.91 Å². The molecule has 0 atom stereocenters. The van der Waals surface area contributed by atoms with Gasteiger partial charge in [0.1, 0.15) is 12.1 Å². The number of imide groups is 1. The van der Waals surface area contributed by atoms with Crippen LogP contribution in [0.4, 0.5) is 10.5 Å². The number of rotatable bonds is 5. The van der Waals surface area contributed by atoms with Gasteiger partial charge in [0.25, 0.3) is 5.91 Å². The molecule has 7 heteroatoms. The summed E-state index contributed by atoms with van der Waals surface area (Å²) in [6.45, 7) is 5.13. The van der Waals surface area contributed by atoms with Crippen molar-refractivity contribution in [3.63, 3.8) is 0 Å². The van der Waals surface area contributed by atoms with Crippen molar-refractivity contribution in [1.29, 1.82) is 0 Å². The van der Waals surface area contributed by atoms with Crippen molar-refractivity contribution in [2.24, 2.45) is 0 Å². The first kappa shape index (κ1) is 17.3. The molecule has 1 aromatic carbocycles. The topological polar surface area (TPSA) is 78.5 Å². The Bertz CT molecular complexity index is 656. The molecular formula is C16H20ClN3O3. The maximum absolute atomic E-state index is 12.5. The van der Waals surface area contributed by atoms with E-state index in [0.29, 0.717) is 23.6 Å². The number of carbonyl (C=O) groups is 3. The highest BCUT2D eigenvalue weighted by molar-refractivity contribution is 6.31. The molecule has 0 saturated carbocycles. The highest BCUT2D eigenvalue weighted by Crippen LogP contribution is 2.25. The molecular weight excluding hydrogens is 318 g/mol. The number of carbonyl (C=O) groups excluding carboxylic acids is 3. The second-order valence-corrected chi connectivity index (χ2v) is 5.98.